The molecule has 2 N–H and O–H groups in total. The Morgan fingerprint density at radius 1 is 1.00 bits per heavy atom. The molecule has 3 aromatic rings. The Hall–Kier alpha value is -2.94. The van der Waals surface area contributed by atoms with E-state index in [1.165, 1.54) is 4.31 Å². The van der Waals surface area contributed by atoms with E-state index in [2.05, 4.69) is 16.7 Å². The number of fused-ring (bicyclic) bond motifs is 1. The van der Waals surface area contributed by atoms with E-state index in [0.717, 1.165) is 16.3 Å². The van der Waals surface area contributed by atoms with Gasteiger partial charge in [-0.15, -0.1) is 0 Å². The van der Waals surface area contributed by atoms with Gasteiger partial charge in [0.1, 0.15) is 0 Å². The normalized spacial score (nSPS) is 15.9. The second-order valence-electron chi connectivity index (χ2n) is 7.78. The van der Waals surface area contributed by atoms with E-state index in [4.69, 9.17) is 4.74 Å². The number of nitrogens with one attached hydrogen (secondary N) is 2. The maximum absolute atomic E-state index is 13.1. The number of hydrogen-bond acceptors (Lipinski definition) is 4. The standard InChI is InChI=1S/C24H27N3O4S/c1-18(20-11-10-19-6-2-3-7-21(19)16-20)26-24(28)25-17-22-8-4-5-9-23(22)32(29,30)27-12-14-31-15-13-27/h2-11,16,18H,12-15,17H2,1H3,(H2,25,26,28)/t18-/m1/s1. The van der Waals surface area contributed by atoms with Gasteiger partial charge in [-0.05, 0) is 41.0 Å². The first-order chi connectivity index (χ1) is 15.4. The molecule has 1 heterocycles. The Kier molecular flexibility index (Phi) is 6.74. The topological polar surface area (TPSA) is 87.7 Å². The molecule has 1 aliphatic heterocycles. The summed E-state index contributed by atoms with van der Waals surface area (Å²) >= 11 is 0. The average Bonchev–Trinajstić information content (AvgIpc) is 2.83. The third-order valence-corrected chi connectivity index (χ3v) is 7.62. The number of hydrogen-bond donors (Lipinski definition) is 2. The minimum absolute atomic E-state index is 0.107. The number of carbonyl (C=O) groups excluding carboxylic acids is 1. The number of amides is 2. The average molecular weight is 454 g/mol. The maximum atomic E-state index is 13.1. The van der Waals surface area contributed by atoms with Gasteiger partial charge in [-0.2, -0.15) is 4.31 Å². The molecule has 1 saturated heterocycles. The number of urea groups is 1. The maximum Gasteiger partial charge on any atom is 0.315 e. The summed E-state index contributed by atoms with van der Waals surface area (Å²) in [7, 11) is -3.65. The van der Waals surface area contributed by atoms with Gasteiger partial charge in [-0.3, -0.25) is 0 Å². The summed E-state index contributed by atoms with van der Waals surface area (Å²) in [5.74, 6) is 0. The van der Waals surface area contributed by atoms with Gasteiger partial charge in [0.05, 0.1) is 24.2 Å². The predicted octanol–water partition coefficient (Wildman–Crippen LogP) is 3.42. The fraction of sp³-hybridized carbons (Fsp3) is 0.292. The SMILES string of the molecule is C[C@@H](NC(=O)NCc1ccccc1S(=O)(=O)N1CCOCC1)c1ccc2ccccc2c1. The van der Waals surface area contributed by atoms with E-state index in [1.54, 1.807) is 24.3 Å². The van der Waals surface area contributed by atoms with Gasteiger partial charge < -0.3 is 15.4 Å². The van der Waals surface area contributed by atoms with Crippen molar-refractivity contribution in [1.82, 2.24) is 14.9 Å². The molecule has 0 saturated carbocycles. The van der Waals surface area contributed by atoms with E-state index in [0.29, 0.717) is 31.9 Å². The van der Waals surface area contributed by atoms with E-state index >= 15 is 0 Å². The van der Waals surface area contributed by atoms with Crippen LogP contribution in [0.4, 0.5) is 4.79 Å². The Balaban J connectivity index is 1.41. The number of ether oxygens (including phenoxy) is 1. The molecule has 4 rings (SSSR count). The lowest BCUT2D eigenvalue weighted by Crippen LogP contribution is -2.41. The zero-order valence-electron chi connectivity index (χ0n) is 18.0. The van der Waals surface area contributed by atoms with Crippen LogP contribution in [0.15, 0.2) is 71.6 Å². The van der Waals surface area contributed by atoms with Crippen LogP contribution in [0.2, 0.25) is 0 Å². The quantitative estimate of drug-likeness (QED) is 0.599. The fourth-order valence-corrected chi connectivity index (χ4v) is 5.44. The first-order valence-electron chi connectivity index (χ1n) is 10.6. The summed E-state index contributed by atoms with van der Waals surface area (Å²) in [6.45, 7) is 3.45. The van der Waals surface area contributed by atoms with Crippen LogP contribution >= 0.6 is 0 Å². The Morgan fingerprint density at radius 3 is 2.47 bits per heavy atom. The van der Waals surface area contributed by atoms with Crippen LogP contribution in [-0.2, 0) is 21.3 Å². The molecule has 1 aliphatic rings. The molecule has 0 unspecified atom stereocenters. The monoisotopic (exact) mass is 453 g/mol. The molecule has 2 amide bonds. The van der Waals surface area contributed by atoms with Crippen molar-refractivity contribution in [3.8, 4) is 0 Å². The number of rotatable bonds is 6. The number of nitrogens with zero attached hydrogens (tertiary/aromatic N) is 1. The summed E-state index contributed by atoms with van der Waals surface area (Å²) in [6.07, 6.45) is 0. The lowest BCUT2D eigenvalue weighted by molar-refractivity contribution is 0.0730. The zero-order valence-corrected chi connectivity index (χ0v) is 18.8. The minimum Gasteiger partial charge on any atom is -0.379 e. The van der Waals surface area contributed by atoms with E-state index < -0.39 is 10.0 Å². The largest absolute Gasteiger partial charge is 0.379 e. The summed E-state index contributed by atoms with van der Waals surface area (Å²) in [4.78, 5) is 12.7. The first-order valence-corrected chi connectivity index (χ1v) is 12.1. The van der Waals surface area contributed by atoms with Gasteiger partial charge in [0.25, 0.3) is 0 Å². The molecule has 32 heavy (non-hydrogen) atoms. The van der Waals surface area contributed by atoms with Crippen molar-refractivity contribution >= 4 is 26.8 Å². The van der Waals surface area contributed by atoms with Crippen LogP contribution < -0.4 is 10.6 Å². The van der Waals surface area contributed by atoms with Gasteiger partial charge >= 0.3 is 6.03 Å². The second kappa shape index (κ2) is 9.68. The molecule has 0 aromatic heterocycles. The van der Waals surface area contributed by atoms with Crippen LogP contribution in [0.1, 0.15) is 24.1 Å². The van der Waals surface area contributed by atoms with Crippen molar-refractivity contribution in [3.05, 3.63) is 77.9 Å². The van der Waals surface area contributed by atoms with Crippen LogP contribution in [0.3, 0.4) is 0 Å². The number of benzene rings is 3. The minimum atomic E-state index is -3.65. The molecular formula is C24H27N3O4S. The van der Waals surface area contributed by atoms with Crippen molar-refractivity contribution in [3.63, 3.8) is 0 Å². The lowest BCUT2D eigenvalue weighted by atomic mass is 10.0. The van der Waals surface area contributed by atoms with Gasteiger partial charge in [0, 0.05) is 19.6 Å². The Bertz CT molecular complexity index is 1210. The molecule has 0 aliphatic carbocycles. The van der Waals surface area contributed by atoms with Gasteiger partial charge in [-0.1, -0.05) is 54.6 Å². The van der Waals surface area contributed by atoms with Crippen LogP contribution in [-0.4, -0.2) is 45.1 Å². The second-order valence-corrected chi connectivity index (χ2v) is 9.69. The smallest absolute Gasteiger partial charge is 0.315 e. The molecule has 0 spiro atoms. The highest BCUT2D eigenvalue weighted by Gasteiger charge is 2.28. The Labute approximate surface area is 188 Å². The van der Waals surface area contributed by atoms with Crippen molar-refractivity contribution in [2.24, 2.45) is 0 Å². The van der Waals surface area contributed by atoms with Gasteiger partial charge in [-0.25, -0.2) is 13.2 Å². The zero-order chi connectivity index (χ0) is 22.6. The summed E-state index contributed by atoms with van der Waals surface area (Å²) in [5.41, 5.74) is 1.54. The molecule has 8 heteroatoms. The molecule has 0 radical (unpaired) electrons. The number of carbonyl (C=O) groups is 1. The number of sulfonamides is 1. The van der Waals surface area contributed by atoms with Crippen molar-refractivity contribution in [2.75, 3.05) is 26.3 Å². The molecule has 0 bridgehead atoms. The molecule has 7 nitrogen and oxygen atoms in total. The highest BCUT2D eigenvalue weighted by Crippen LogP contribution is 2.22. The molecule has 1 atom stereocenters. The van der Waals surface area contributed by atoms with Crippen LogP contribution in [0, 0.1) is 0 Å². The van der Waals surface area contributed by atoms with Gasteiger partial charge in [0.2, 0.25) is 10.0 Å². The third-order valence-electron chi connectivity index (χ3n) is 5.62. The van der Waals surface area contributed by atoms with Crippen LogP contribution in [0.5, 0.6) is 0 Å². The predicted molar refractivity (Wildman–Crippen MR) is 124 cm³/mol. The molecule has 1 fully saturated rings. The molecule has 168 valence electrons. The summed E-state index contributed by atoms with van der Waals surface area (Å²) in [5, 5.41) is 7.98. The van der Waals surface area contributed by atoms with Crippen molar-refractivity contribution in [1.29, 1.82) is 0 Å². The fourth-order valence-electron chi connectivity index (χ4n) is 3.81. The van der Waals surface area contributed by atoms with E-state index in [1.807, 2.05) is 43.3 Å². The molecular weight excluding hydrogens is 426 g/mol. The van der Waals surface area contributed by atoms with Crippen LogP contribution in [0.25, 0.3) is 10.8 Å². The highest BCUT2D eigenvalue weighted by molar-refractivity contribution is 7.89. The molecule has 3 aromatic carbocycles. The van der Waals surface area contributed by atoms with E-state index in [-0.39, 0.29) is 23.5 Å². The number of morpholine rings is 1. The lowest BCUT2D eigenvalue weighted by Gasteiger charge is -2.27. The van der Waals surface area contributed by atoms with E-state index in [9.17, 15) is 13.2 Å². The summed E-state index contributed by atoms with van der Waals surface area (Å²) in [6, 6.07) is 20.4. The summed E-state index contributed by atoms with van der Waals surface area (Å²) < 4.78 is 32.8. The van der Waals surface area contributed by atoms with Crippen molar-refractivity contribution in [2.45, 2.75) is 24.4 Å². The third kappa shape index (κ3) is 4.93. The highest BCUT2D eigenvalue weighted by atomic mass is 32.2. The first kappa shape index (κ1) is 22.3. The Morgan fingerprint density at radius 2 is 1.69 bits per heavy atom. The van der Waals surface area contributed by atoms with Crippen molar-refractivity contribution < 1.29 is 17.9 Å². The van der Waals surface area contributed by atoms with Gasteiger partial charge in [0.15, 0.2) is 0 Å².